The van der Waals surface area contributed by atoms with Gasteiger partial charge in [0.15, 0.2) is 5.65 Å². The molecule has 2 saturated heterocycles. The van der Waals surface area contributed by atoms with E-state index in [2.05, 4.69) is 19.8 Å². The lowest BCUT2D eigenvalue weighted by Gasteiger charge is -2.30. The molecule has 0 amide bonds. The van der Waals surface area contributed by atoms with Crippen LogP contribution in [0.5, 0.6) is 0 Å². The van der Waals surface area contributed by atoms with Crippen molar-refractivity contribution in [2.24, 2.45) is 0 Å². The molecule has 0 bridgehead atoms. The van der Waals surface area contributed by atoms with Gasteiger partial charge >= 0.3 is 0 Å². The predicted molar refractivity (Wildman–Crippen MR) is 153 cm³/mol. The molecular weight excluding hydrogens is 505 g/mol. The molecule has 1 atom stereocenters. The summed E-state index contributed by atoms with van der Waals surface area (Å²) in [6, 6.07) is 20.9. The van der Waals surface area contributed by atoms with E-state index in [-0.39, 0.29) is 18.0 Å². The Bertz CT molecular complexity index is 1650. The van der Waals surface area contributed by atoms with Gasteiger partial charge in [0, 0.05) is 31.4 Å². The number of imidazole rings is 1. The maximum atomic E-state index is 14.0. The van der Waals surface area contributed by atoms with Crippen LogP contribution in [0.1, 0.15) is 37.3 Å². The van der Waals surface area contributed by atoms with Crippen LogP contribution in [0, 0.1) is 5.82 Å². The summed E-state index contributed by atoms with van der Waals surface area (Å²) in [5.41, 5.74) is 5.04. The number of piperidine rings is 1. The molecule has 2 aliphatic rings. The lowest BCUT2D eigenvalue weighted by molar-refractivity contribution is 0.145. The SMILES string of the molecule is OC1CCN(c2ccc(-c3cccc(-c4cnc5ccc(N6CCCC6c6cccc(F)c6)nn45)n3)cn2)CC1. The molecule has 5 aromatic rings. The van der Waals surface area contributed by atoms with Crippen molar-refractivity contribution in [3.8, 4) is 22.6 Å². The molecule has 202 valence electrons. The normalized spacial score (nSPS) is 18.1. The van der Waals surface area contributed by atoms with Gasteiger partial charge in [-0.15, -0.1) is 5.10 Å². The van der Waals surface area contributed by atoms with Gasteiger partial charge < -0.3 is 14.9 Å². The van der Waals surface area contributed by atoms with Gasteiger partial charge in [-0.05, 0) is 79.8 Å². The highest BCUT2D eigenvalue weighted by Gasteiger charge is 2.28. The minimum atomic E-state index is -0.216. The summed E-state index contributed by atoms with van der Waals surface area (Å²) < 4.78 is 15.8. The Morgan fingerprint density at radius 1 is 0.800 bits per heavy atom. The molecular formula is C31H30FN7O. The smallest absolute Gasteiger partial charge is 0.154 e. The molecule has 6 heterocycles. The average Bonchev–Trinajstić information content (AvgIpc) is 3.65. The Labute approximate surface area is 231 Å². The van der Waals surface area contributed by atoms with Gasteiger partial charge in [0.1, 0.15) is 23.1 Å². The topological polar surface area (TPSA) is 82.7 Å². The zero-order valence-corrected chi connectivity index (χ0v) is 22.1. The standard InChI is InChI=1S/C31H30FN7O/c32-23-5-1-4-21(18-23)27-8-3-15-38(27)31-12-11-30-34-20-28(39(30)36-31)26-7-2-6-25(35-26)22-9-10-29(33-19-22)37-16-13-24(40)14-17-37/h1-2,4-7,9-12,18-20,24,27,40H,3,8,13-17H2. The summed E-state index contributed by atoms with van der Waals surface area (Å²) >= 11 is 0. The highest BCUT2D eigenvalue weighted by Crippen LogP contribution is 2.36. The van der Waals surface area contributed by atoms with Crippen molar-refractivity contribution in [2.45, 2.75) is 37.8 Å². The van der Waals surface area contributed by atoms with E-state index in [9.17, 15) is 9.50 Å². The molecule has 9 heteroatoms. The van der Waals surface area contributed by atoms with Gasteiger partial charge in [-0.1, -0.05) is 18.2 Å². The van der Waals surface area contributed by atoms with E-state index < -0.39 is 0 Å². The van der Waals surface area contributed by atoms with E-state index in [0.717, 1.165) is 90.8 Å². The van der Waals surface area contributed by atoms with Crippen molar-refractivity contribution in [3.63, 3.8) is 0 Å². The third-order valence-corrected chi connectivity index (χ3v) is 7.97. The number of hydrogen-bond donors (Lipinski definition) is 1. The number of aliphatic hydroxyl groups excluding tert-OH is 1. The number of aliphatic hydroxyl groups is 1. The predicted octanol–water partition coefficient (Wildman–Crippen LogP) is 5.30. The molecule has 0 saturated carbocycles. The number of rotatable bonds is 5. The van der Waals surface area contributed by atoms with Crippen LogP contribution in [0.25, 0.3) is 28.3 Å². The molecule has 40 heavy (non-hydrogen) atoms. The summed E-state index contributed by atoms with van der Waals surface area (Å²) in [6.07, 6.45) is 6.97. The maximum absolute atomic E-state index is 14.0. The molecule has 4 aromatic heterocycles. The van der Waals surface area contributed by atoms with Gasteiger partial charge in [-0.3, -0.25) is 0 Å². The summed E-state index contributed by atoms with van der Waals surface area (Å²) in [7, 11) is 0. The molecule has 2 fully saturated rings. The average molecular weight is 536 g/mol. The number of pyridine rings is 2. The molecule has 0 aliphatic carbocycles. The number of anilines is 2. The molecule has 7 rings (SSSR count). The minimum Gasteiger partial charge on any atom is -0.393 e. The number of benzene rings is 1. The van der Waals surface area contributed by atoms with Gasteiger partial charge in [0.2, 0.25) is 0 Å². The van der Waals surface area contributed by atoms with Crippen LogP contribution < -0.4 is 9.80 Å². The Kier molecular flexibility index (Phi) is 6.36. The fourth-order valence-corrected chi connectivity index (χ4v) is 5.85. The van der Waals surface area contributed by atoms with Crippen LogP contribution in [-0.2, 0) is 0 Å². The van der Waals surface area contributed by atoms with Crippen LogP contribution >= 0.6 is 0 Å². The lowest BCUT2D eigenvalue weighted by atomic mass is 10.0. The second-order valence-corrected chi connectivity index (χ2v) is 10.5. The van der Waals surface area contributed by atoms with Gasteiger partial charge in [0.25, 0.3) is 0 Å². The highest BCUT2D eigenvalue weighted by molar-refractivity contribution is 5.66. The first-order chi connectivity index (χ1) is 19.6. The van der Waals surface area contributed by atoms with Crippen LogP contribution in [-0.4, -0.2) is 55.4 Å². The van der Waals surface area contributed by atoms with Crippen molar-refractivity contribution in [1.82, 2.24) is 24.6 Å². The molecule has 2 aliphatic heterocycles. The van der Waals surface area contributed by atoms with Crippen LogP contribution in [0.15, 0.2) is 79.1 Å². The van der Waals surface area contributed by atoms with E-state index >= 15 is 0 Å². The second-order valence-electron chi connectivity index (χ2n) is 10.5. The second kappa shape index (κ2) is 10.3. The van der Waals surface area contributed by atoms with E-state index in [0.29, 0.717) is 0 Å². The first-order valence-corrected chi connectivity index (χ1v) is 13.9. The molecule has 1 unspecified atom stereocenters. The summed E-state index contributed by atoms with van der Waals surface area (Å²) in [5, 5.41) is 14.8. The van der Waals surface area contributed by atoms with Crippen LogP contribution in [0.3, 0.4) is 0 Å². The Hall–Kier alpha value is -4.37. The van der Waals surface area contributed by atoms with Crippen molar-refractivity contribution >= 4 is 17.3 Å². The number of hydrogen-bond acceptors (Lipinski definition) is 7. The maximum Gasteiger partial charge on any atom is 0.154 e. The number of halogens is 1. The monoisotopic (exact) mass is 535 g/mol. The van der Waals surface area contributed by atoms with Crippen LogP contribution in [0.2, 0.25) is 0 Å². The van der Waals surface area contributed by atoms with E-state index in [1.54, 1.807) is 18.3 Å². The van der Waals surface area contributed by atoms with Crippen molar-refractivity contribution < 1.29 is 9.50 Å². The largest absolute Gasteiger partial charge is 0.393 e. The lowest BCUT2D eigenvalue weighted by Crippen LogP contribution is -2.36. The fourth-order valence-electron chi connectivity index (χ4n) is 5.85. The highest BCUT2D eigenvalue weighted by atomic mass is 19.1. The fraction of sp³-hybridized carbons (Fsp3) is 0.290. The van der Waals surface area contributed by atoms with Crippen molar-refractivity contribution in [1.29, 1.82) is 0 Å². The van der Waals surface area contributed by atoms with Gasteiger partial charge in [-0.25, -0.2) is 23.9 Å². The van der Waals surface area contributed by atoms with Crippen molar-refractivity contribution in [2.75, 3.05) is 29.4 Å². The summed E-state index contributed by atoms with van der Waals surface area (Å²) in [5.74, 6) is 1.54. The summed E-state index contributed by atoms with van der Waals surface area (Å²) in [6.45, 7) is 2.48. The number of nitrogens with zero attached hydrogens (tertiary/aromatic N) is 7. The minimum absolute atomic E-state index is 0.0829. The third kappa shape index (κ3) is 4.66. The Balaban J connectivity index is 1.17. The van der Waals surface area contributed by atoms with E-state index in [1.165, 1.54) is 6.07 Å². The Morgan fingerprint density at radius 3 is 2.45 bits per heavy atom. The first kappa shape index (κ1) is 24.7. The molecule has 1 aromatic carbocycles. The van der Waals surface area contributed by atoms with Crippen LogP contribution in [0.4, 0.5) is 16.0 Å². The van der Waals surface area contributed by atoms with E-state index in [4.69, 9.17) is 10.1 Å². The van der Waals surface area contributed by atoms with E-state index in [1.807, 2.05) is 59.2 Å². The quantitative estimate of drug-likeness (QED) is 0.327. The molecule has 0 spiro atoms. The molecule has 0 radical (unpaired) electrons. The first-order valence-electron chi connectivity index (χ1n) is 13.9. The number of fused-ring (bicyclic) bond motifs is 1. The van der Waals surface area contributed by atoms with Gasteiger partial charge in [0.05, 0.1) is 29.7 Å². The zero-order chi connectivity index (χ0) is 27.1. The summed E-state index contributed by atoms with van der Waals surface area (Å²) in [4.78, 5) is 18.7. The number of aromatic nitrogens is 5. The van der Waals surface area contributed by atoms with Crippen molar-refractivity contribution in [3.05, 3.63) is 90.5 Å². The third-order valence-electron chi connectivity index (χ3n) is 7.97. The molecule has 1 N–H and O–H groups in total. The van der Waals surface area contributed by atoms with Gasteiger partial charge in [-0.2, -0.15) is 0 Å². The Morgan fingerprint density at radius 2 is 1.62 bits per heavy atom. The molecule has 8 nitrogen and oxygen atoms in total. The zero-order valence-electron chi connectivity index (χ0n) is 22.1.